The van der Waals surface area contributed by atoms with Gasteiger partial charge in [0.2, 0.25) is 5.91 Å². The fourth-order valence-corrected chi connectivity index (χ4v) is 3.02. The number of rotatable bonds is 7. The van der Waals surface area contributed by atoms with Gasteiger partial charge in [0.15, 0.2) is 0 Å². The highest BCUT2D eigenvalue weighted by Gasteiger charge is 2.24. The summed E-state index contributed by atoms with van der Waals surface area (Å²) in [7, 11) is 0. The highest BCUT2D eigenvalue weighted by atomic mass is 16.5. The summed E-state index contributed by atoms with van der Waals surface area (Å²) >= 11 is 0. The minimum absolute atomic E-state index is 0.0396. The molecule has 0 radical (unpaired) electrons. The lowest BCUT2D eigenvalue weighted by Gasteiger charge is -2.35. The monoisotopic (exact) mass is 347 g/mol. The van der Waals surface area contributed by atoms with E-state index in [1.54, 1.807) is 0 Å². The van der Waals surface area contributed by atoms with Crippen molar-refractivity contribution < 1.29 is 14.3 Å². The molecule has 6 heteroatoms. The second-order valence-corrected chi connectivity index (χ2v) is 6.09. The molecule has 1 fully saturated rings. The predicted molar refractivity (Wildman–Crippen MR) is 97.9 cm³/mol. The predicted octanol–water partition coefficient (Wildman–Crippen LogP) is 1.71. The molecule has 2 rings (SSSR count). The fourth-order valence-electron chi connectivity index (χ4n) is 3.02. The van der Waals surface area contributed by atoms with Crippen LogP contribution in [0.15, 0.2) is 24.3 Å². The molecule has 6 nitrogen and oxygen atoms in total. The van der Waals surface area contributed by atoms with Crippen LogP contribution in [0.1, 0.15) is 31.1 Å². The smallest absolute Gasteiger partial charge is 0.253 e. The van der Waals surface area contributed by atoms with Crippen LogP contribution < -0.4 is 4.74 Å². The third-order valence-electron chi connectivity index (χ3n) is 4.55. The molecule has 1 aliphatic heterocycles. The van der Waals surface area contributed by atoms with E-state index in [0.29, 0.717) is 31.8 Å². The first-order valence-electron chi connectivity index (χ1n) is 9.11. The van der Waals surface area contributed by atoms with Crippen LogP contribution in [0.3, 0.4) is 0 Å². The summed E-state index contributed by atoms with van der Waals surface area (Å²) in [5.41, 5.74) is 0.677. The van der Waals surface area contributed by atoms with Gasteiger partial charge in [-0.3, -0.25) is 14.5 Å². The lowest BCUT2D eigenvalue weighted by molar-refractivity contribution is -0.132. The molecule has 0 bridgehead atoms. The third kappa shape index (κ3) is 5.19. The molecule has 1 aromatic carbocycles. The molecule has 0 N–H and O–H groups in total. The Morgan fingerprint density at radius 2 is 1.60 bits per heavy atom. The van der Waals surface area contributed by atoms with Gasteiger partial charge in [-0.1, -0.05) is 0 Å². The molecule has 25 heavy (non-hydrogen) atoms. The van der Waals surface area contributed by atoms with Crippen molar-refractivity contribution >= 4 is 11.8 Å². The molecule has 0 unspecified atom stereocenters. The number of carbonyl (C=O) groups excluding carboxylic acids is 2. The van der Waals surface area contributed by atoms with Crippen LogP contribution in [0.25, 0.3) is 0 Å². The SMILES string of the molecule is CCOc1ccc(C(=O)N2CCN(CC(=O)N(CC)CC)CC2)cc1. The highest BCUT2D eigenvalue weighted by Crippen LogP contribution is 2.15. The molecule has 1 saturated heterocycles. The Kier molecular flexibility index (Phi) is 7.25. The minimum Gasteiger partial charge on any atom is -0.494 e. The second kappa shape index (κ2) is 9.42. The average Bonchev–Trinajstić information content (AvgIpc) is 2.64. The number of hydrogen-bond donors (Lipinski definition) is 0. The topological polar surface area (TPSA) is 53.1 Å². The van der Waals surface area contributed by atoms with Gasteiger partial charge in [0.25, 0.3) is 5.91 Å². The van der Waals surface area contributed by atoms with E-state index in [-0.39, 0.29) is 11.8 Å². The molecule has 1 heterocycles. The van der Waals surface area contributed by atoms with Gasteiger partial charge in [-0.05, 0) is 45.0 Å². The molecule has 0 atom stereocenters. The summed E-state index contributed by atoms with van der Waals surface area (Å²) in [6, 6.07) is 7.28. The molecule has 0 aliphatic carbocycles. The third-order valence-corrected chi connectivity index (χ3v) is 4.55. The normalized spacial score (nSPS) is 15.1. The van der Waals surface area contributed by atoms with Gasteiger partial charge in [-0.15, -0.1) is 0 Å². The maximum atomic E-state index is 12.6. The highest BCUT2D eigenvalue weighted by molar-refractivity contribution is 5.94. The summed E-state index contributed by atoms with van der Waals surface area (Å²) in [6.07, 6.45) is 0. The number of benzene rings is 1. The number of likely N-dealkylation sites (N-methyl/N-ethyl adjacent to an activating group) is 1. The average molecular weight is 347 g/mol. The van der Waals surface area contributed by atoms with Crippen LogP contribution in [0.4, 0.5) is 0 Å². The lowest BCUT2D eigenvalue weighted by Crippen LogP contribution is -2.51. The summed E-state index contributed by atoms with van der Waals surface area (Å²) in [5, 5.41) is 0. The van der Waals surface area contributed by atoms with Crippen molar-refractivity contribution in [3.8, 4) is 5.75 Å². The van der Waals surface area contributed by atoms with Gasteiger partial charge < -0.3 is 14.5 Å². The zero-order valence-corrected chi connectivity index (χ0v) is 15.5. The zero-order chi connectivity index (χ0) is 18.2. The van der Waals surface area contributed by atoms with E-state index >= 15 is 0 Å². The van der Waals surface area contributed by atoms with Crippen molar-refractivity contribution in [2.24, 2.45) is 0 Å². The summed E-state index contributed by atoms with van der Waals surface area (Å²) in [5.74, 6) is 0.979. The minimum atomic E-state index is 0.0396. The number of amides is 2. The molecular weight excluding hydrogens is 318 g/mol. The van der Waals surface area contributed by atoms with E-state index in [0.717, 1.165) is 31.9 Å². The zero-order valence-electron chi connectivity index (χ0n) is 15.5. The molecule has 138 valence electrons. The van der Waals surface area contributed by atoms with Gasteiger partial charge in [0.05, 0.1) is 13.2 Å². The van der Waals surface area contributed by atoms with Crippen LogP contribution >= 0.6 is 0 Å². The Balaban J connectivity index is 1.84. The number of hydrogen-bond acceptors (Lipinski definition) is 4. The first-order chi connectivity index (χ1) is 12.1. The van der Waals surface area contributed by atoms with Crippen LogP contribution in [-0.4, -0.2) is 78.9 Å². The second-order valence-electron chi connectivity index (χ2n) is 6.09. The summed E-state index contributed by atoms with van der Waals surface area (Å²) < 4.78 is 5.41. The van der Waals surface area contributed by atoms with E-state index < -0.39 is 0 Å². The molecule has 1 aromatic rings. The van der Waals surface area contributed by atoms with Crippen molar-refractivity contribution in [1.29, 1.82) is 0 Å². The van der Waals surface area contributed by atoms with Gasteiger partial charge in [-0.25, -0.2) is 0 Å². The van der Waals surface area contributed by atoms with Crippen molar-refractivity contribution in [2.75, 3.05) is 52.4 Å². The van der Waals surface area contributed by atoms with Gasteiger partial charge >= 0.3 is 0 Å². The number of carbonyl (C=O) groups is 2. The van der Waals surface area contributed by atoms with E-state index in [9.17, 15) is 9.59 Å². The molecule has 1 aliphatic rings. The summed E-state index contributed by atoms with van der Waals surface area (Å²) in [6.45, 7) is 11.2. The fraction of sp³-hybridized carbons (Fsp3) is 0.579. The maximum absolute atomic E-state index is 12.6. The van der Waals surface area contributed by atoms with E-state index in [4.69, 9.17) is 4.74 Å². The lowest BCUT2D eigenvalue weighted by atomic mass is 10.1. The van der Waals surface area contributed by atoms with Crippen molar-refractivity contribution in [2.45, 2.75) is 20.8 Å². The van der Waals surface area contributed by atoms with Crippen LogP contribution in [0.2, 0.25) is 0 Å². The Bertz CT molecular complexity index is 562. The van der Waals surface area contributed by atoms with Gasteiger partial charge in [-0.2, -0.15) is 0 Å². The Hall–Kier alpha value is -2.08. The number of nitrogens with zero attached hydrogens (tertiary/aromatic N) is 3. The Labute approximate surface area is 150 Å². The van der Waals surface area contributed by atoms with Crippen molar-refractivity contribution in [1.82, 2.24) is 14.7 Å². The maximum Gasteiger partial charge on any atom is 0.253 e. The Morgan fingerprint density at radius 3 is 2.12 bits per heavy atom. The van der Waals surface area contributed by atoms with Crippen molar-refractivity contribution in [3.05, 3.63) is 29.8 Å². The van der Waals surface area contributed by atoms with Gasteiger partial charge in [0, 0.05) is 44.8 Å². The number of ether oxygens (including phenoxy) is 1. The van der Waals surface area contributed by atoms with E-state index in [1.165, 1.54) is 0 Å². The van der Waals surface area contributed by atoms with Crippen LogP contribution in [0.5, 0.6) is 5.75 Å². The Morgan fingerprint density at radius 1 is 1.00 bits per heavy atom. The molecule has 0 aromatic heterocycles. The standard InChI is InChI=1S/C19H29N3O3/c1-4-21(5-2)18(23)15-20-11-13-22(14-12-20)19(24)16-7-9-17(10-8-16)25-6-3/h7-10H,4-6,11-15H2,1-3H3. The molecule has 2 amide bonds. The molecule has 0 saturated carbocycles. The molecular formula is C19H29N3O3. The number of piperazine rings is 1. The van der Waals surface area contributed by atoms with E-state index in [1.807, 2.05) is 54.8 Å². The van der Waals surface area contributed by atoms with Crippen LogP contribution in [0, 0.1) is 0 Å². The first kappa shape index (κ1) is 19.2. The van der Waals surface area contributed by atoms with Crippen molar-refractivity contribution in [3.63, 3.8) is 0 Å². The van der Waals surface area contributed by atoms with Gasteiger partial charge in [0.1, 0.15) is 5.75 Å². The first-order valence-corrected chi connectivity index (χ1v) is 9.11. The van der Waals surface area contributed by atoms with E-state index in [2.05, 4.69) is 4.90 Å². The largest absolute Gasteiger partial charge is 0.494 e. The summed E-state index contributed by atoms with van der Waals surface area (Å²) in [4.78, 5) is 30.6. The molecule has 0 spiro atoms. The quantitative estimate of drug-likeness (QED) is 0.753. The van der Waals surface area contributed by atoms with Crippen LogP contribution in [-0.2, 0) is 4.79 Å².